The van der Waals surface area contributed by atoms with E-state index in [1.165, 1.54) is 24.4 Å². The first-order valence-electron chi connectivity index (χ1n) is 9.65. The fourth-order valence-corrected chi connectivity index (χ4v) is 4.42. The van der Waals surface area contributed by atoms with E-state index in [9.17, 15) is 13.2 Å². The third kappa shape index (κ3) is 5.51. The van der Waals surface area contributed by atoms with Gasteiger partial charge in [0.2, 0.25) is 5.91 Å². The highest BCUT2D eigenvalue weighted by Crippen LogP contribution is 2.24. The van der Waals surface area contributed by atoms with Gasteiger partial charge in [-0.1, -0.05) is 24.3 Å². The average Bonchev–Trinajstić information content (AvgIpc) is 3.28. The smallest absolute Gasteiger partial charge is 0.339 e. The highest BCUT2D eigenvalue weighted by Gasteiger charge is 2.19. The third-order valence-corrected chi connectivity index (χ3v) is 6.31. The number of ether oxygens (including phenoxy) is 1. The van der Waals surface area contributed by atoms with Crippen molar-refractivity contribution in [2.75, 3.05) is 7.11 Å². The summed E-state index contributed by atoms with van der Waals surface area (Å²) in [6.07, 6.45) is 1.43. The van der Waals surface area contributed by atoms with Gasteiger partial charge in [0.15, 0.2) is 5.75 Å². The van der Waals surface area contributed by atoms with Gasteiger partial charge in [-0.3, -0.25) is 4.79 Å². The van der Waals surface area contributed by atoms with Crippen LogP contribution in [0.1, 0.15) is 11.1 Å². The van der Waals surface area contributed by atoms with E-state index in [2.05, 4.69) is 19.3 Å². The Morgan fingerprint density at radius 3 is 2.73 bits per heavy atom. The molecule has 1 amide bonds. The molecule has 0 saturated heterocycles. The number of hydrogen-bond acceptors (Lipinski definition) is 9. The van der Waals surface area contributed by atoms with E-state index in [1.807, 2.05) is 0 Å². The largest absolute Gasteiger partial charge is 0.497 e. The third-order valence-electron chi connectivity index (χ3n) is 4.52. The Kier molecular flexibility index (Phi) is 6.61. The summed E-state index contributed by atoms with van der Waals surface area (Å²) in [4.78, 5) is 12.1. The Labute approximate surface area is 194 Å². The van der Waals surface area contributed by atoms with Crippen LogP contribution in [0.4, 0.5) is 0 Å². The van der Waals surface area contributed by atoms with Crippen LogP contribution in [0.3, 0.4) is 0 Å². The Morgan fingerprint density at radius 2 is 1.88 bits per heavy atom. The van der Waals surface area contributed by atoms with Crippen molar-refractivity contribution in [1.29, 1.82) is 0 Å². The van der Waals surface area contributed by atoms with E-state index in [4.69, 9.17) is 8.92 Å². The summed E-state index contributed by atoms with van der Waals surface area (Å²) in [5.74, 6) is 0.386. The monoisotopic (exact) mass is 482 g/mol. The molecule has 4 aromatic rings. The lowest BCUT2D eigenvalue weighted by atomic mass is 10.1. The predicted molar refractivity (Wildman–Crippen MR) is 124 cm³/mol. The molecule has 0 aliphatic heterocycles. The maximum Gasteiger partial charge on any atom is 0.339 e. The zero-order valence-corrected chi connectivity index (χ0v) is 19.0. The fourth-order valence-electron chi connectivity index (χ4n) is 2.93. The van der Waals surface area contributed by atoms with Crippen LogP contribution in [-0.4, -0.2) is 36.4 Å². The van der Waals surface area contributed by atoms with Crippen LogP contribution in [0, 0.1) is 0 Å². The maximum absolute atomic E-state index is 12.8. The second kappa shape index (κ2) is 9.76. The van der Waals surface area contributed by atoms with Gasteiger partial charge in [0.1, 0.15) is 21.7 Å². The molecule has 3 aromatic carbocycles. The zero-order chi connectivity index (χ0) is 23.3. The minimum absolute atomic E-state index is 0.0407. The first-order valence-corrected chi connectivity index (χ1v) is 11.8. The number of carbonyl (C=O) groups excluding carboxylic acids is 1. The average molecular weight is 483 g/mol. The van der Waals surface area contributed by atoms with Crippen LogP contribution >= 0.6 is 11.7 Å². The highest BCUT2D eigenvalue weighted by molar-refractivity contribution is 7.87. The van der Waals surface area contributed by atoms with Gasteiger partial charge in [0.05, 0.1) is 31.5 Å². The van der Waals surface area contributed by atoms with Crippen molar-refractivity contribution in [2.45, 2.75) is 11.3 Å². The van der Waals surface area contributed by atoms with Crippen LogP contribution < -0.4 is 14.3 Å². The minimum atomic E-state index is -4.12. The van der Waals surface area contributed by atoms with Crippen molar-refractivity contribution in [2.24, 2.45) is 5.10 Å². The molecule has 33 heavy (non-hydrogen) atoms. The lowest BCUT2D eigenvalue weighted by Gasteiger charge is -2.09. The molecule has 0 aliphatic rings. The van der Waals surface area contributed by atoms with Crippen LogP contribution in [-0.2, 0) is 21.3 Å². The maximum atomic E-state index is 12.8. The van der Waals surface area contributed by atoms with E-state index in [0.717, 1.165) is 17.3 Å². The van der Waals surface area contributed by atoms with E-state index in [0.29, 0.717) is 22.3 Å². The number of hydrogen-bond donors (Lipinski definition) is 1. The molecule has 4 rings (SSSR count). The van der Waals surface area contributed by atoms with Gasteiger partial charge in [-0.05, 0) is 48.0 Å². The summed E-state index contributed by atoms with van der Waals surface area (Å²) < 4.78 is 44.1. The number of amides is 1. The normalized spacial score (nSPS) is 11.5. The van der Waals surface area contributed by atoms with Gasteiger partial charge in [0, 0.05) is 5.56 Å². The molecular weight excluding hydrogens is 464 g/mol. The molecule has 11 heteroatoms. The number of fused-ring (bicyclic) bond motifs is 1. The van der Waals surface area contributed by atoms with Crippen molar-refractivity contribution in [1.82, 2.24) is 14.2 Å². The molecule has 9 nitrogen and oxygen atoms in total. The molecule has 0 saturated carbocycles. The second-order valence-electron chi connectivity index (χ2n) is 6.81. The molecule has 0 unspecified atom stereocenters. The van der Waals surface area contributed by atoms with Gasteiger partial charge >= 0.3 is 10.1 Å². The fraction of sp³-hybridized carbons (Fsp3) is 0.0909. The van der Waals surface area contributed by atoms with Crippen molar-refractivity contribution >= 4 is 45.0 Å². The number of methoxy groups -OCH3 is 1. The number of benzene rings is 3. The van der Waals surface area contributed by atoms with Crippen LogP contribution in [0.25, 0.3) is 11.0 Å². The number of carbonyl (C=O) groups is 1. The van der Waals surface area contributed by atoms with E-state index in [1.54, 1.807) is 55.6 Å². The number of aromatic nitrogens is 2. The molecule has 1 aromatic heterocycles. The minimum Gasteiger partial charge on any atom is -0.497 e. The molecular formula is C22H18N4O5S2. The Hall–Kier alpha value is -3.83. The number of para-hydroxylation sites is 1. The molecule has 0 aliphatic carbocycles. The van der Waals surface area contributed by atoms with Crippen molar-refractivity contribution in [3.63, 3.8) is 0 Å². The van der Waals surface area contributed by atoms with Gasteiger partial charge in [0.25, 0.3) is 0 Å². The molecule has 0 spiro atoms. The van der Waals surface area contributed by atoms with Gasteiger partial charge in [-0.2, -0.15) is 22.3 Å². The van der Waals surface area contributed by atoms with Crippen LogP contribution in [0.15, 0.2) is 76.7 Å². The quantitative estimate of drug-likeness (QED) is 0.233. The van der Waals surface area contributed by atoms with E-state index >= 15 is 0 Å². The summed E-state index contributed by atoms with van der Waals surface area (Å²) in [6, 6.07) is 18.0. The van der Waals surface area contributed by atoms with Crippen molar-refractivity contribution in [3.8, 4) is 11.5 Å². The topological polar surface area (TPSA) is 120 Å². The Morgan fingerprint density at radius 1 is 1.06 bits per heavy atom. The van der Waals surface area contributed by atoms with Crippen LogP contribution in [0.5, 0.6) is 11.5 Å². The molecule has 1 N–H and O–H groups in total. The second-order valence-corrected chi connectivity index (χ2v) is 8.89. The number of hydrazone groups is 1. The molecule has 0 radical (unpaired) electrons. The van der Waals surface area contributed by atoms with Gasteiger partial charge in [-0.25, -0.2) is 5.43 Å². The van der Waals surface area contributed by atoms with Crippen LogP contribution in [0.2, 0.25) is 0 Å². The van der Waals surface area contributed by atoms with Crippen molar-refractivity contribution in [3.05, 3.63) is 77.9 Å². The molecule has 0 atom stereocenters. The lowest BCUT2D eigenvalue weighted by molar-refractivity contribution is -0.120. The highest BCUT2D eigenvalue weighted by atomic mass is 32.2. The zero-order valence-electron chi connectivity index (χ0n) is 17.3. The SMILES string of the molecule is COc1cccc(CC(=O)N/N=C/c2ccccc2OS(=O)(=O)c2ccc3nsnc3c2)c1. The first-order chi connectivity index (χ1) is 15.9. The summed E-state index contributed by atoms with van der Waals surface area (Å²) in [5.41, 5.74) is 4.65. The van der Waals surface area contributed by atoms with Crippen molar-refractivity contribution < 1.29 is 22.1 Å². The van der Waals surface area contributed by atoms with Gasteiger partial charge in [-0.15, -0.1) is 0 Å². The summed E-state index contributed by atoms with van der Waals surface area (Å²) in [5, 5.41) is 3.93. The molecule has 0 fully saturated rings. The molecule has 168 valence electrons. The first kappa shape index (κ1) is 22.4. The number of nitrogens with zero attached hydrogens (tertiary/aromatic N) is 3. The summed E-state index contributed by atoms with van der Waals surface area (Å²) in [6.45, 7) is 0. The molecule has 0 bridgehead atoms. The standard InChI is InChI=1S/C22H18N4O5S2/c1-30-17-7-4-5-15(11-17)12-22(27)24-23-14-16-6-2-3-8-21(16)31-33(28,29)18-9-10-19-20(13-18)26-32-25-19/h2-11,13-14H,12H2,1H3,(H,24,27)/b23-14+. The summed E-state index contributed by atoms with van der Waals surface area (Å²) >= 11 is 0.998. The lowest BCUT2D eigenvalue weighted by Crippen LogP contribution is -2.20. The summed E-state index contributed by atoms with van der Waals surface area (Å²) in [7, 11) is -2.56. The molecule has 1 heterocycles. The van der Waals surface area contributed by atoms with E-state index in [-0.39, 0.29) is 23.0 Å². The Bertz CT molecular complexity index is 1430. The number of rotatable bonds is 8. The van der Waals surface area contributed by atoms with Gasteiger partial charge < -0.3 is 8.92 Å². The Balaban J connectivity index is 1.45. The van der Waals surface area contributed by atoms with E-state index < -0.39 is 10.1 Å². The predicted octanol–water partition coefficient (Wildman–Crippen LogP) is 3.16. The number of nitrogens with one attached hydrogen (secondary N) is 1.